The van der Waals surface area contributed by atoms with Crippen LogP contribution in [0.1, 0.15) is 67.8 Å². The van der Waals surface area contributed by atoms with Crippen LogP contribution in [0.15, 0.2) is 24.4 Å². The smallest absolute Gasteiger partial charge is 0.248 e. The molecule has 1 N–H and O–H groups in total. The number of nitrogens with one attached hydrogen (secondary N) is 1. The van der Waals surface area contributed by atoms with Gasteiger partial charge in [0.1, 0.15) is 0 Å². The molecule has 6 heteroatoms. The van der Waals surface area contributed by atoms with Gasteiger partial charge in [-0.15, -0.1) is 0 Å². The predicted molar refractivity (Wildman–Crippen MR) is 111 cm³/mol. The highest BCUT2D eigenvalue weighted by Gasteiger charge is 2.49. The number of benzene rings is 1. The molecule has 2 heterocycles. The minimum atomic E-state index is -2.52. The summed E-state index contributed by atoms with van der Waals surface area (Å²) in [5.74, 6) is -2.21. The van der Waals surface area contributed by atoms with E-state index in [0.717, 1.165) is 36.8 Å². The third-order valence-corrected chi connectivity index (χ3v) is 7.77. The molecule has 3 aliphatic rings. The van der Waals surface area contributed by atoms with Crippen LogP contribution in [0.5, 0.6) is 0 Å². The number of halogens is 3. The first-order chi connectivity index (χ1) is 13.9. The fourth-order valence-electron chi connectivity index (χ4n) is 5.54. The zero-order chi connectivity index (χ0) is 20.2. The summed E-state index contributed by atoms with van der Waals surface area (Å²) in [6.07, 6.45) is 6.30. The van der Waals surface area contributed by atoms with Gasteiger partial charge in [0.05, 0.1) is 10.5 Å². The van der Waals surface area contributed by atoms with Gasteiger partial charge in [-0.2, -0.15) is 0 Å². The van der Waals surface area contributed by atoms with E-state index >= 15 is 0 Å². The number of rotatable bonds is 5. The van der Waals surface area contributed by atoms with E-state index in [2.05, 4.69) is 9.88 Å². The standard InChI is InChI=1S/C23H27ClF2N2O/c24-18-2-1-3-19-21(18)17(12-28(19)16-10-22(11-16)13-27-14-22)20(29)5-4-15-6-8-23(25,26)9-7-15/h1-3,12,15-16,27H,4-11,13-14H2. The van der Waals surface area contributed by atoms with Crippen LogP contribution in [0.25, 0.3) is 10.9 Å². The third kappa shape index (κ3) is 3.50. The minimum absolute atomic E-state index is 0.0463. The van der Waals surface area contributed by atoms with Crippen LogP contribution in [0.4, 0.5) is 8.78 Å². The molecule has 2 aromatic rings. The normalized spacial score (nSPS) is 25.7. The van der Waals surface area contributed by atoms with E-state index in [-0.39, 0.29) is 24.5 Å². The van der Waals surface area contributed by atoms with Gasteiger partial charge in [0.25, 0.3) is 0 Å². The van der Waals surface area contributed by atoms with E-state index in [1.54, 1.807) is 0 Å². The molecule has 0 radical (unpaired) electrons. The Bertz CT molecular complexity index is 932. The molecular formula is C23H27ClF2N2O. The Labute approximate surface area is 174 Å². The van der Waals surface area contributed by atoms with Gasteiger partial charge in [-0.05, 0) is 55.6 Å². The molecule has 2 aliphatic carbocycles. The summed E-state index contributed by atoms with van der Waals surface area (Å²) in [7, 11) is 0. The zero-order valence-corrected chi connectivity index (χ0v) is 17.3. The van der Waals surface area contributed by atoms with Crippen molar-refractivity contribution in [1.82, 2.24) is 9.88 Å². The number of carbonyl (C=O) groups is 1. The van der Waals surface area contributed by atoms with Crippen molar-refractivity contribution in [1.29, 1.82) is 0 Å². The lowest BCUT2D eigenvalue weighted by Crippen LogP contribution is -2.60. The van der Waals surface area contributed by atoms with Crippen molar-refractivity contribution in [2.75, 3.05) is 13.1 Å². The van der Waals surface area contributed by atoms with Gasteiger partial charge in [-0.3, -0.25) is 4.79 Å². The highest BCUT2D eigenvalue weighted by molar-refractivity contribution is 6.37. The van der Waals surface area contributed by atoms with Gasteiger partial charge in [-0.25, -0.2) is 8.78 Å². The van der Waals surface area contributed by atoms with Crippen molar-refractivity contribution in [3.05, 3.63) is 35.0 Å². The SMILES string of the molecule is O=C(CCC1CCC(F)(F)CC1)c1cn(C2CC3(CNC3)C2)c2cccc(Cl)c12. The fraction of sp³-hybridized carbons (Fsp3) is 0.609. The van der Waals surface area contributed by atoms with Crippen LogP contribution in [0.3, 0.4) is 0 Å². The number of hydrogen-bond donors (Lipinski definition) is 1. The molecule has 1 aromatic heterocycles. The van der Waals surface area contributed by atoms with Crippen molar-refractivity contribution < 1.29 is 13.6 Å². The highest BCUT2D eigenvalue weighted by atomic mass is 35.5. The van der Waals surface area contributed by atoms with Crippen molar-refractivity contribution in [2.24, 2.45) is 11.3 Å². The Morgan fingerprint density at radius 2 is 1.93 bits per heavy atom. The molecule has 1 saturated heterocycles. The minimum Gasteiger partial charge on any atom is -0.344 e. The maximum Gasteiger partial charge on any atom is 0.248 e. The second-order valence-corrected chi connectivity index (χ2v) is 9.92. The summed E-state index contributed by atoms with van der Waals surface area (Å²) in [6, 6.07) is 6.24. The van der Waals surface area contributed by atoms with Crippen LogP contribution < -0.4 is 5.32 Å². The molecule has 5 rings (SSSR count). The summed E-state index contributed by atoms with van der Waals surface area (Å²) in [5.41, 5.74) is 2.18. The summed E-state index contributed by atoms with van der Waals surface area (Å²) < 4.78 is 29.0. The molecule has 3 fully saturated rings. The molecule has 0 atom stereocenters. The van der Waals surface area contributed by atoms with Crippen molar-refractivity contribution in [2.45, 2.75) is 63.3 Å². The monoisotopic (exact) mass is 420 g/mol. The number of carbonyl (C=O) groups excluding carboxylic acids is 1. The summed E-state index contributed by atoms with van der Waals surface area (Å²) in [5, 5.41) is 4.83. The first-order valence-electron chi connectivity index (χ1n) is 10.8. The van der Waals surface area contributed by atoms with Gasteiger partial charge in [0.15, 0.2) is 5.78 Å². The third-order valence-electron chi connectivity index (χ3n) is 7.45. The molecule has 29 heavy (non-hydrogen) atoms. The Hall–Kier alpha value is -1.46. The number of fused-ring (bicyclic) bond motifs is 1. The quantitative estimate of drug-likeness (QED) is 0.601. The molecule has 1 aromatic carbocycles. The lowest BCUT2D eigenvalue weighted by atomic mass is 9.61. The van der Waals surface area contributed by atoms with E-state index in [1.807, 2.05) is 24.4 Å². The summed E-state index contributed by atoms with van der Waals surface area (Å²) in [6.45, 7) is 2.19. The Morgan fingerprint density at radius 1 is 1.21 bits per heavy atom. The van der Waals surface area contributed by atoms with E-state index in [9.17, 15) is 13.6 Å². The van der Waals surface area contributed by atoms with Crippen molar-refractivity contribution in [3.8, 4) is 0 Å². The molecule has 3 nitrogen and oxygen atoms in total. The Balaban J connectivity index is 1.33. The van der Waals surface area contributed by atoms with Gasteiger partial charge >= 0.3 is 0 Å². The zero-order valence-electron chi connectivity index (χ0n) is 16.5. The van der Waals surface area contributed by atoms with E-state index in [0.29, 0.717) is 47.7 Å². The molecule has 0 bridgehead atoms. The lowest BCUT2D eigenvalue weighted by Gasteiger charge is -2.54. The molecule has 1 spiro atoms. The van der Waals surface area contributed by atoms with E-state index in [1.165, 1.54) is 0 Å². The summed E-state index contributed by atoms with van der Waals surface area (Å²) in [4.78, 5) is 13.1. The largest absolute Gasteiger partial charge is 0.344 e. The number of Topliss-reactive ketones (excluding diaryl/α,β-unsaturated/α-hetero) is 1. The molecule has 156 valence electrons. The highest BCUT2D eigenvalue weighted by Crippen LogP contribution is 2.52. The predicted octanol–water partition coefficient (Wildman–Crippen LogP) is 6.01. The average Bonchev–Trinajstić information content (AvgIpc) is 2.99. The number of alkyl halides is 2. The Kier molecular flexibility index (Phi) is 4.74. The van der Waals surface area contributed by atoms with Crippen molar-refractivity contribution >= 4 is 28.3 Å². The number of ketones is 1. The van der Waals surface area contributed by atoms with Crippen LogP contribution >= 0.6 is 11.6 Å². The molecule has 0 amide bonds. The topological polar surface area (TPSA) is 34.0 Å². The number of nitrogens with zero attached hydrogens (tertiary/aromatic N) is 1. The summed E-state index contributed by atoms with van der Waals surface area (Å²) >= 11 is 6.50. The van der Waals surface area contributed by atoms with Crippen molar-refractivity contribution in [3.63, 3.8) is 0 Å². The van der Waals surface area contributed by atoms with Gasteiger partial charge in [0, 0.05) is 55.5 Å². The first-order valence-corrected chi connectivity index (χ1v) is 11.1. The first kappa shape index (κ1) is 19.5. The maximum absolute atomic E-state index is 13.4. The maximum atomic E-state index is 13.4. The number of aromatic nitrogens is 1. The molecule has 0 unspecified atom stereocenters. The van der Waals surface area contributed by atoms with Gasteiger partial charge in [0.2, 0.25) is 5.92 Å². The van der Waals surface area contributed by atoms with E-state index in [4.69, 9.17) is 11.6 Å². The van der Waals surface area contributed by atoms with Crippen LogP contribution in [0.2, 0.25) is 5.02 Å². The molecule has 1 aliphatic heterocycles. The van der Waals surface area contributed by atoms with Crippen LogP contribution in [-0.2, 0) is 0 Å². The van der Waals surface area contributed by atoms with E-state index < -0.39 is 5.92 Å². The van der Waals surface area contributed by atoms with Crippen LogP contribution in [-0.4, -0.2) is 29.4 Å². The molecular weight excluding hydrogens is 394 g/mol. The second-order valence-electron chi connectivity index (χ2n) is 9.51. The van der Waals surface area contributed by atoms with Crippen LogP contribution in [0, 0.1) is 11.3 Å². The lowest BCUT2D eigenvalue weighted by molar-refractivity contribution is -0.0464. The molecule has 2 saturated carbocycles. The fourth-order valence-corrected chi connectivity index (χ4v) is 5.81. The Morgan fingerprint density at radius 3 is 2.59 bits per heavy atom. The number of hydrogen-bond acceptors (Lipinski definition) is 2. The van der Waals surface area contributed by atoms with Gasteiger partial charge in [-0.1, -0.05) is 17.7 Å². The average molecular weight is 421 g/mol. The second kappa shape index (κ2) is 7.05. The van der Waals surface area contributed by atoms with Gasteiger partial charge < -0.3 is 9.88 Å².